The van der Waals surface area contributed by atoms with Crippen LogP contribution < -0.4 is 0 Å². The van der Waals surface area contributed by atoms with Crippen LogP contribution >= 0.6 is 11.3 Å². The van der Waals surface area contributed by atoms with Crippen molar-refractivity contribution in [3.05, 3.63) is 35.3 Å². The van der Waals surface area contributed by atoms with Crippen LogP contribution in [0.25, 0.3) is 16.3 Å². The van der Waals surface area contributed by atoms with E-state index in [1.807, 2.05) is 37.3 Å². The topological polar surface area (TPSA) is 80.4 Å². The van der Waals surface area contributed by atoms with Crippen LogP contribution in [0.2, 0.25) is 0 Å². The van der Waals surface area contributed by atoms with E-state index in [-0.39, 0.29) is 5.92 Å². The number of carboxylic acid groups (broad SMARTS) is 1. The fourth-order valence-corrected chi connectivity index (χ4v) is 3.01. The maximum absolute atomic E-state index is 11.1. The van der Waals surface area contributed by atoms with Gasteiger partial charge in [0.15, 0.2) is 5.82 Å². The Kier molecular flexibility index (Phi) is 3.42. The summed E-state index contributed by atoms with van der Waals surface area (Å²) in [5.41, 5.74) is 0.931. The number of nitrogens with zero attached hydrogens (tertiary/aromatic N) is 4. The Morgan fingerprint density at radius 1 is 1.24 bits per heavy atom. The number of benzene rings is 1. The van der Waals surface area contributed by atoms with Crippen molar-refractivity contribution in [1.29, 1.82) is 0 Å². The summed E-state index contributed by atoms with van der Waals surface area (Å²) >= 11 is 1.38. The van der Waals surface area contributed by atoms with Crippen molar-refractivity contribution in [2.75, 3.05) is 0 Å². The molecule has 2 atom stereocenters. The highest BCUT2D eigenvalue weighted by Gasteiger charge is 2.25. The van der Waals surface area contributed by atoms with Crippen molar-refractivity contribution in [2.24, 2.45) is 5.92 Å². The fraction of sp³-hybridized carbons (Fsp3) is 0.286. The largest absolute Gasteiger partial charge is 0.481 e. The molecule has 2 heterocycles. The molecule has 2 aromatic heterocycles. The minimum atomic E-state index is -0.822. The quantitative estimate of drug-likeness (QED) is 0.801. The summed E-state index contributed by atoms with van der Waals surface area (Å²) in [6.45, 7) is 3.56. The van der Waals surface area contributed by atoms with E-state index in [2.05, 4.69) is 15.3 Å². The molecule has 7 heteroatoms. The molecular weight excluding hydrogens is 288 g/mol. The molecule has 0 spiro atoms. The fourth-order valence-electron chi connectivity index (χ4n) is 2.01. The average Bonchev–Trinajstić information content (AvgIpc) is 3.06. The van der Waals surface area contributed by atoms with E-state index in [9.17, 15) is 4.79 Å². The highest BCUT2D eigenvalue weighted by molar-refractivity contribution is 7.16. The number of hydrogen-bond acceptors (Lipinski definition) is 5. The van der Waals surface area contributed by atoms with Crippen LogP contribution in [0.1, 0.15) is 24.8 Å². The van der Waals surface area contributed by atoms with Crippen LogP contribution in [-0.4, -0.2) is 30.9 Å². The van der Waals surface area contributed by atoms with Crippen molar-refractivity contribution in [3.8, 4) is 11.4 Å². The first kappa shape index (κ1) is 13.7. The SMILES string of the molecule is CC(C(=O)O)C(C)c1nn2c(-c3ccccc3)nnc2s1. The second kappa shape index (κ2) is 5.25. The van der Waals surface area contributed by atoms with Crippen molar-refractivity contribution < 1.29 is 9.90 Å². The molecule has 0 aliphatic rings. The minimum Gasteiger partial charge on any atom is -0.481 e. The smallest absolute Gasteiger partial charge is 0.306 e. The molecule has 1 N–H and O–H groups in total. The van der Waals surface area contributed by atoms with E-state index in [1.54, 1.807) is 11.4 Å². The number of carboxylic acids is 1. The molecule has 108 valence electrons. The lowest BCUT2D eigenvalue weighted by Crippen LogP contribution is -2.16. The highest BCUT2D eigenvalue weighted by Crippen LogP contribution is 2.29. The predicted molar refractivity (Wildman–Crippen MR) is 79.3 cm³/mol. The van der Waals surface area contributed by atoms with Gasteiger partial charge in [-0.1, -0.05) is 55.5 Å². The van der Waals surface area contributed by atoms with Gasteiger partial charge in [0.1, 0.15) is 5.01 Å². The molecule has 2 unspecified atom stereocenters. The lowest BCUT2D eigenvalue weighted by molar-refractivity contribution is -0.141. The summed E-state index contributed by atoms with van der Waals surface area (Å²) in [5, 5.41) is 22.6. The van der Waals surface area contributed by atoms with Crippen molar-refractivity contribution in [2.45, 2.75) is 19.8 Å². The molecule has 21 heavy (non-hydrogen) atoms. The van der Waals surface area contributed by atoms with E-state index in [1.165, 1.54) is 11.3 Å². The molecule has 3 rings (SSSR count). The predicted octanol–water partition coefficient (Wildman–Crippen LogP) is 2.68. The van der Waals surface area contributed by atoms with Gasteiger partial charge in [0.05, 0.1) is 5.92 Å². The molecule has 0 saturated carbocycles. The lowest BCUT2D eigenvalue weighted by atomic mass is 9.97. The molecule has 0 fully saturated rings. The summed E-state index contributed by atoms with van der Waals surface area (Å²) in [5.74, 6) is -0.813. The normalized spacial score (nSPS) is 14.2. The van der Waals surface area contributed by atoms with E-state index in [0.717, 1.165) is 10.6 Å². The van der Waals surface area contributed by atoms with Crippen LogP contribution in [0.5, 0.6) is 0 Å². The van der Waals surface area contributed by atoms with Crippen LogP contribution in [0, 0.1) is 5.92 Å². The van der Waals surface area contributed by atoms with E-state index in [0.29, 0.717) is 10.8 Å². The summed E-state index contributed by atoms with van der Waals surface area (Å²) in [6.07, 6.45) is 0. The first-order chi connectivity index (χ1) is 10.1. The Balaban J connectivity index is 2.02. The highest BCUT2D eigenvalue weighted by atomic mass is 32.1. The summed E-state index contributed by atoms with van der Waals surface area (Å²) < 4.78 is 1.68. The number of fused-ring (bicyclic) bond motifs is 1. The molecule has 0 saturated heterocycles. The van der Waals surface area contributed by atoms with Gasteiger partial charge in [-0.15, -0.1) is 10.2 Å². The zero-order chi connectivity index (χ0) is 15.0. The number of aromatic nitrogens is 4. The third kappa shape index (κ3) is 2.40. The van der Waals surface area contributed by atoms with Gasteiger partial charge in [0.2, 0.25) is 4.96 Å². The standard InChI is InChI=1S/C14H14N4O2S/c1-8(9(2)13(19)20)12-17-18-11(15-16-14(18)21-12)10-6-4-3-5-7-10/h3-9H,1-2H3,(H,19,20). The molecule has 0 amide bonds. The second-order valence-corrected chi connectivity index (χ2v) is 5.93. The Bertz CT molecular complexity index is 781. The Labute approximate surface area is 125 Å². The molecule has 0 radical (unpaired) electrons. The Morgan fingerprint density at radius 3 is 2.62 bits per heavy atom. The molecule has 6 nitrogen and oxygen atoms in total. The third-order valence-electron chi connectivity index (χ3n) is 3.57. The Hall–Kier alpha value is -2.28. The van der Waals surface area contributed by atoms with E-state index in [4.69, 9.17) is 5.11 Å². The lowest BCUT2D eigenvalue weighted by Gasteiger charge is -2.11. The van der Waals surface area contributed by atoms with Gasteiger partial charge < -0.3 is 5.11 Å². The van der Waals surface area contributed by atoms with Crippen molar-refractivity contribution in [1.82, 2.24) is 19.8 Å². The van der Waals surface area contributed by atoms with Crippen molar-refractivity contribution in [3.63, 3.8) is 0 Å². The molecule has 1 aromatic carbocycles. The molecule has 0 aliphatic carbocycles. The second-order valence-electron chi connectivity index (χ2n) is 4.94. The van der Waals surface area contributed by atoms with Gasteiger partial charge in [-0.05, 0) is 0 Å². The summed E-state index contributed by atoms with van der Waals surface area (Å²) in [4.78, 5) is 11.8. The Morgan fingerprint density at radius 2 is 1.95 bits per heavy atom. The van der Waals surface area contributed by atoms with Crippen LogP contribution in [-0.2, 0) is 4.79 Å². The van der Waals surface area contributed by atoms with Crippen molar-refractivity contribution >= 4 is 22.3 Å². The van der Waals surface area contributed by atoms with Gasteiger partial charge >= 0.3 is 5.97 Å². The number of aliphatic carboxylic acids is 1. The first-order valence-corrected chi connectivity index (χ1v) is 7.40. The molecule has 0 bridgehead atoms. The van der Waals surface area contributed by atoms with Crippen LogP contribution in [0.15, 0.2) is 30.3 Å². The third-order valence-corrected chi connectivity index (χ3v) is 4.67. The van der Waals surface area contributed by atoms with Gasteiger partial charge in [-0.2, -0.15) is 9.61 Å². The van der Waals surface area contributed by atoms with Crippen LogP contribution in [0.4, 0.5) is 0 Å². The monoisotopic (exact) mass is 302 g/mol. The summed E-state index contributed by atoms with van der Waals surface area (Å²) in [7, 11) is 0. The molecule has 0 aliphatic heterocycles. The van der Waals surface area contributed by atoms with Crippen LogP contribution in [0.3, 0.4) is 0 Å². The van der Waals surface area contributed by atoms with Gasteiger partial charge in [-0.3, -0.25) is 4.79 Å². The zero-order valence-electron chi connectivity index (χ0n) is 11.6. The number of hydrogen-bond donors (Lipinski definition) is 1. The number of carbonyl (C=O) groups is 1. The maximum atomic E-state index is 11.1. The van der Waals surface area contributed by atoms with E-state index < -0.39 is 11.9 Å². The van der Waals surface area contributed by atoms with Gasteiger partial charge in [-0.25, -0.2) is 0 Å². The minimum absolute atomic E-state index is 0.169. The first-order valence-electron chi connectivity index (χ1n) is 6.58. The average molecular weight is 302 g/mol. The number of rotatable bonds is 4. The zero-order valence-corrected chi connectivity index (χ0v) is 12.4. The van der Waals surface area contributed by atoms with Gasteiger partial charge in [0, 0.05) is 11.5 Å². The maximum Gasteiger partial charge on any atom is 0.306 e. The van der Waals surface area contributed by atoms with Gasteiger partial charge in [0.25, 0.3) is 0 Å². The molecular formula is C14H14N4O2S. The molecule has 3 aromatic rings. The summed E-state index contributed by atoms with van der Waals surface area (Å²) in [6, 6.07) is 9.68. The van der Waals surface area contributed by atoms with E-state index >= 15 is 0 Å².